The molecule has 2 aromatic carbocycles. The van der Waals surface area contributed by atoms with E-state index in [0.717, 1.165) is 10.1 Å². The van der Waals surface area contributed by atoms with Crippen molar-refractivity contribution in [3.05, 3.63) is 104 Å². The van der Waals surface area contributed by atoms with E-state index in [2.05, 4.69) is 4.98 Å². The lowest BCUT2D eigenvalue weighted by molar-refractivity contribution is 0.0969. The molecule has 0 saturated carbocycles. The topological polar surface area (TPSA) is 71.9 Å². The van der Waals surface area contributed by atoms with Gasteiger partial charge in [0.25, 0.3) is 5.56 Å². The van der Waals surface area contributed by atoms with E-state index >= 15 is 0 Å². The van der Waals surface area contributed by atoms with Gasteiger partial charge in [-0.3, -0.25) is 14.2 Å². The first-order chi connectivity index (χ1) is 13.0. The second-order valence-electron chi connectivity index (χ2n) is 6.82. The number of H-pyrrole nitrogens is 1. The van der Waals surface area contributed by atoms with E-state index in [4.69, 9.17) is 0 Å². The number of aromatic nitrogens is 2. The van der Waals surface area contributed by atoms with Gasteiger partial charge in [-0.2, -0.15) is 0 Å². The lowest BCUT2D eigenvalue weighted by Gasteiger charge is -2.15. The van der Waals surface area contributed by atoms with Crippen LogP contribution in [0.1, 0.15) is 46.9 Å². The molecule has 3 rings (SSSR count). The molecule has 5 nitrogen and oxygen atoms in total. The minimum Gasteiger partial charge on any atom is -0.310 e. The van der Waals surface area contributed by atoms with Crippen molar-refractivity contribution in [2.75, 3.05) is 0 Å². The lowest BCUT2D eigenvalue weighted by Crippen LogP contribution is -2.41. The maximum Gasteiger partial charge on any atom is 0.328 e. The molecule has 0 aliphatic heterocycles. The molecule has 1 heterocycles. The molecular formula is C22H22N2O3. The van der Waals surface area contributed by atoms with Crippen molar-refractivity contribution in [2.24, 2.45) is 0 Å². The fraction of sp³-hybridized carbons (Fsp3) is 0.227. The molecule has 0 saturated heterocycles. The van der Waals surface area contributed by atoms with Crippen LogP contribution in [0.2, 0.25) is 0 Å². The Morgan fingerprint density at radius 2 is 1.56 bits per heavy atom. The molecular weight excluding hydrogens is 340 g/mol. The minimum atomic E-state index is -0.556. The summed E-state index contributed by atoms with van der Waals surface area (Å²) in [5, 5.41) is 0. The molecule has 138 valence electrons. The molecule has 0 aliphatic rings. The first kappa shape index (κ1) is 18.6. The Bertz CT molecular complexity index is 1050. The second kappa shape index (κ2) is 7.99. The summed E-state index contributed by atoms with van der Waals surface area (Å²) in [5.74, 6) is -0.347. The van der Waals surface area contributed by atoms with Crippen LogP contribution in [-0.2, 0) is 13.0 Å². The number of ketones is 1. The summed E-state index contributed by atoms with van der Waals surface area (Å²) < 4.78 is 0.999. The van der Waals surface area contributed by atoms with Gasteiger partial charge in [-0.1, -0.05) is 74.5 Å². The van der Waals surface area contributed by atoms with Gasteiger partial charge in [-0.05, 0) is 11.5 Å². The number of hydrogen-bond acceptors (Lipinski definition) is 3. The van der Waals surface area contributed by atoms with E-state index in [0.29, 0.717) is 23.2 Å². The zero-order valence-electron chi connectivity index (χ0n) is 15.4. The number of aromatic amines is 1. The highest BCUT2D eigenvalue weighted by atomic mass is 16.2. The van der Waals surface area contributed by atoms with Crippen molar-refractivity contribution >= 4 is 5.78 Å². The number of nitrogens with one attached hydrogen (secondary N) is 1. The summed E-state index contributed by atoms with van der Waals surface area (Å²) in [7, 11) is 0. The maximum absolute atomic E-state index is 13.0. The smallest absolute Gasteiger partial charge is 0.310 e. The van der Waals surface area contributed by atoms with Crippen molar-refractivity contribution in [1.82, 2.24) is 9.55 Å². The zero-order chi connectivity index (χ0) is 19.4. The number of carbonyl (C=O) groups excluding carboxylic acids is 1. The molecule has 0 bridgehead atoms. The van der Waals surface area contributed by atoms with Gasteiger partial charge in [-0.25, -0.2) is 4.79 Å². The number of carbonyl (C=O) groups is 1. The van der Waals surface area contributed by atoms with Crippen LogP contribution in [0.15, 0.2) is 70.3 Å². The average molecular weight is 362 g/mol. The normalized spacial score (nSPS) is 10.9. The molecule has 0 spiro atoms. The highest BCUT2D eigenvalue weighted by Crippen LogP contribution is 2.16. The third kappa shape index (κ3) is 4.14. The highest BCUT2D eigenvalue weighted by molar-refractivity contribution is 5.95. The van der Waals surface area contributed by atoms with Crippen molar-refractivity contribution in [3.8, 4) is 0 Å². The summed E-state index contributed by atoms with van der Waals surface area (Å²) >= 11 is 0. The van der Waals surface area contributed by atoms with E-state index in [-0.39, 0.29) is 18.2 Å². The van der Waals surface area contributed by atoms with Gasteiger partial charge in [-0.15, -0.1) is 0 Å². The van der Waals surface area contributed by atoms with Crippen LogP contribution in [0, 0.1) is 0 Å². The summed E-state index contributed by atoms with van der Waals surface area (Å²) in [6.07, 6.45) is 0.465. The SMILES string of the molecule is CC(C)c1c(Cc2ccccc2)[nH]c(=O)n(CC(=O)c2ccccc2)c1=O. The molecule has 0 atom stereocenters. The first-order valence-electron chi connectivity index (χ1n) is 8.95. The Balaban J connectivity index is 2.02. The van der Waals surface area contributed by atoms with Crippen LogP contribution in [0.4, 0.5) is 0 Å². The van der Waals surface area contributed by atoms with Gasteiger partial charge < -0.3 is 4.98 Å². The van der Waals surface area contributed by atoms with Crippen LogP contribution in [-0.4, -0.2) is 15.3 Å². The molecule has 3 aromatic rings. The number of hydrogen-bond donors (Lipinski definition) is 1. The highest BCUT2D eigenvalue weighted by Gasteiger charge is 2.19. The Kier molecular flexibility index (Phi) is 5.50. The summed E-state index contributed by atoms with van der Waals surface area (Å²) in [6, 6.07) is 18.3. The summed E-state index contributed by atoms with van der Waals surface area (Å²) in [5.41, 5.74) is 1.67. The average Bonchev–Trinajstić information content (AvgIpc) is 2.66. The monoisotopic (exact) mass is 362 g/mol. The Labute approximate surface area is 157 Å². The first-order valence-corrected chi connectivity index (χ1v) is 8.95. The van der Waals surface area contributed by atoms with Gasteiger partial charge in [0, 0.05) is 23.2 Å². The fourth-order valence-corrected chi connectivity index (χ4v) is 3.17. The second-order valence-corrected chi connectivity index (χ2v) is 6.82. The van der Waals surface area contributed by atoms with Gasteiger partial charge >= 0.3 is 5.69 Å². The molecule has 0 amide bonds. The van der Waals surface area contributed by atoms with Crippen LogP contribution in [0.3, 0.4) is 0 Å². The molecule has 0 aliphatic carbocycles. The maximum atomic E-state index is 13.0. The summed E-state index contributed by atoms with van der Waals surface area (Å²) in [6.45, 7) is 3.54. The van der Waals surface area contributed by atoms with E-state index in [1.54, 1.807) is 24.3 Å². The number of Topliss-reactive ketones (excluding diaryl/α,β-unsaturated/α-hetero) is 1. The number of rotatable bonds is 6. The lowest BCUT2D eigenvalue weighted by atomic mass is 9.98. The third-order valence-corrected chi connectivity index (χ3v) is 4.50. The predicted octanol–water partition coefficient (Wildman–Crippen LogP) is 3.13. The quantitative estimate of drug-likeness (QED) is 0.685. The largest absolute Gasteiger partial charge is 0.328 e. The Morgan fingerprint density at radius 3 is 2.15 bits per heavy atom. The standard InChI is InChI=1S/C22H22N2O3/c1-15(2)20-18(13-16-9-5-3-6-10-16)23-22(27)24(21(20)26)14-19(25)17-11-7-4-8-12-17/h3-12,15H,13-14H2,1-2H3,(H,23,27). The van der Waals surface area contributed by atoms with Crippen molar-refractivity contribution in [2.45, 2.75) is 32.7 Å². The Hall–Kier alpha value is -3.21. The molecule has 27 heavy (non-hydrogen) atoms. The van der Waals surface area contributed by atoms with E-state index in [1.165, 1.54) is 0 Å². The van der Waals surface area contributed by atoms with Crippen LogP contribution in [0.5, 0.6) is 0 Å². The van der Waals surface area contributed by atoms with E-state index < -0.39 is 11.2 Å². The molecule has 1 aromatic heterocycles. The third-order valence-electron chi connectivity index (χ3n) is 4.50. The van der Waals surface area contributed by atoms with Crippen LogP contribution < -0.4 is 11.2 Å². The predicted molar refractivity (Wildman–Crippen MR) is 105 cm³/mol. The molecule has 0 radical (unpaired) electrons. The van der Waals surface area contributed by atoms with Crippen LogP contribution in [0.25, 0.3) is 0 Å². The molecule has 1 N–H and O–H groups in total. The number of nitrogens with zero attached hydrogens (tertiary/aromatic N) is 1. The van der Waals surface area contributed by atoms with Gasteiger partial charge in [0.2, 0.25) is 0 Å². The van der Waals surface area contributed by atoms with E-state index in [9.17, 15) is 14.4 Å². The van der Waals surface area contributed by atoms with Gasteiger partial charge in [0.1, 0.15) is 0 Å². The molecule has 0 fully saturated rings. The molecule has 0 unspecified atom stereocenters. The van der Waals surface area contributed by atoms with Crippen LogP contribution >= 0.6 is 0 Å². The Morgan fingerprint density at radius 1 is 0.963 bits per heavy atom. The number of benzene rings is 2. The van der Waals surface area contributed by atoms with Gasteiger partial charge in [0.05, 0.1) is 6.54 Å². The zero-order valence-corrected chi connectivity index (χ0v) is 15.4. The van der Waals surface area contributed by atoms with Crippen molar-refractivity contribution in [1.29, 1.82) is 0 Å². The minimum absolute atomic E-state index is 0.0776. The van der Waals surface area contributed by atoms with Crippen molar-refractivity contribution in [3.63, 3.8) is 0 Å². The van der Waals surface area contributed by atoms with Crippen molar-refractivity contribution < 1.29 is 4.79 Å². The summed E-state index contributed by atoms with van der Waals surface area (Å²) in [4.78, 5) is 40.8. The van der Waals surface area contributed by atoms with Gasteiger partial charge in [0.15, 0.2) is 5.78 Å². The van der Waals surface area contributed by atoms with E-state index in [1.807, 2.05) is 50.2 Å². The fourth-order valence-electron chi connectivity index (χ4n) is 3.17. The molecule has 5 heteroatoms.